The third kappa shape index (κ3) is 3.24. The van der Waals surface area contributed by atoms with E-state index < -0.39 is 0 Å². The van der Waals surface area contributed by atoms with Gasteiger partial charge >= 0.3 is 5.96 Å². The molecule has 3 N–H and O–H groups in total. The predicted molar refractivity (Wildman–Crippen MR) is 89.7 cm³/mol. The van der Waals surface area contributed by atoms with Crippen molar-refractivity contribution in [2.45, 2.75) is 33.1 Å². The molecule has 0 radical (unpaired) electrons. The highest BCUT2D eigenvalue weighted by molar-refractivity contribution is 5.76. The summed E-state index contributed by atoms with van der Waals surface area (Å²) in [7, 11) is 0. The second kappa shape index (κ2) is 6.94. The van der Waals surface area contributed by atoms with Crippen LogP contribution >= 0.6 is 0 Å². The van der Waals surface area contributed by atoms with Gasteiger partial charge in [0.2, 0.25) is 11.4 Å². The van der Waals surface area contributed by atoms with Gasteiger partial charge in [-0.05, 0) is 43.5 Å². The van der Waals surface area contributed by atoms with Crippen molar-refractivity contribution in [1.29, 1.82) is 0 Å². The van der Waals surface area contributed by atoms with Gasteiger partial charge < -0.3 is 15.3 Å². The molecule has 126 valence electrons. The molecule has 0 saturated heterocycles. The number of guanidine groups is 1. The maximum absolute atomic E-state index is 12.6. The summed E-state index contributed by atoms with van der Waals surface area (Å²) in [6.45, 7) is 7.41. The van der Waals surface area contributed by atoms with Crippen LogP contribution in [0.15, 0.2) is 17.1 Å². The molecule has 1 heterocycles. The van der Waals surface area contributed by atoms with E-state index in [0.29, 0.717) is 17.9 Å². The van der Waals surface area contributed by atoms with Crippen molar-refractivity contribution in [2.75, 3.05) is 26.2 Å². The van der Waals surface area contributed by atoms with Crippen LogP contribution in [0.2, 0.25) is 0 Å². The quantitative estimate of drug-likeness (QED) is 0.634. The van der Waals surface area contributed by atoms with E-state index in [1.807, 2.05) is 12.1 Å². The Morgan fingerprint density at radius 2 is 1.78 bits per heavy atom. The summed E-state index contributed by atoms with van der Waals surface area (Å²) >= 11 is 0. The van der Waals surface area contributed by atoms with Crippen molar-refractivity contribution in [3.8, 4) is 0 Å². The molecule has 0 fully saturated rings. The maximum Gasteiger partial charge on any atom is 0.347 e. The minimum atomic E-state index is -0.212. The van der Waals surface area contributed by atoms with E-state index in [1.54, 1.807) is 0 Å². The van der Waals surface area contributed by atoms with Gasteiger partial charge in [0.05, 0.1) is 6.54 Å². The molecule has 0 amide bonds. The van der Waals surface area contributed by atoms with Crippen LogP contribution in [0.5, 0.6) is 0 Å². The summed E-state index contributed by atoms with van der Waals surface area (Å²) in [6.07, 6.45) is 3.08. The normalized spacial score (nSPS) is 24.7. The highest BCUT2D eigenvalue weighted by Crippen LogP contribution is 2.28. The average Bonchev–Trinajstić information content (AvgIpc) is 3.02. The molecule has 1 aliphatic carbocycles. The summed E-state index contributed by atoms with van der Waals surface area (Å²) < 4.78 is 0. The fourth-order valence-electron chi connectivity index (χ4n) is 3.31. The molecule has 1 aliphatic heterocycles. The van der Waals surface area contributed by atoms with Crippen LogP contribution in [0, 0.1) is 10.4 Å². The standard InChI is InChI=1S/C16H25N5O2/c1-3-19(4-2)9-8-17-16-18-21(23)15-11-13-7-5-6-12(13)10-14(15)20(16)22/h10-11,20-21H,3-9H2,1-2H3,(H,17,18). The molecule has 0 spiro atoms. The molecule has 7 nitrogen and oxygen atoms in total. The number of benzene rings is 1. The van der Waals surface area contributed by atoms with Gasteiger partial charge in [0.15, 0.2) is 0 Å². The minimum absolute atomic E-state index is 0.158. The topological polar surface area (TPSA) is 82.6 Å². The lowest BCUT2D eigenvalue weighted by Crippen LogP contribution is -3.24. The first-order valence-electron chi connectivity index (χ1n) is 8.42. The fraction of sp³-hybridized carbons (Fsp3) is 0.562. The first-order chi connectivity index (χ1) is 11.1. The number of nitrogens with zero attached hydrogens (tertiary/aromatic N) is 2. The van der Waals surface area contributed by atoms with Gasteiger partial charge in [-0.15, -0.1) is 0 Å². The Morgan fingerprint density at radius 1 is 1.13 bits per heavy atom. The first kappa shape index (κ1) is 16.4. The largest absolute Gasteiger partial charge is 0.621 e. The number of aryl methyl sites for hydroxylation is 2. The lowest BCUT2D eigenvalue weighted by molar-refractivity contribution is -0.851. The summed E-state index contributed by atoms with van der Waals surface area (Å²) in [6, 6.07) is 3.79. The third-order valence-electron chi connectivity index (χ3n) is 4.75. The van der Waals surface area contributed by atoms with E-state index in [0.717, 1.165) is 38.9 Å². The Balaban J connectivity index is 1.79. The molecule has 2 atom stereocenters. The van der Waals surface area contributed by atoms with Crippen LogP contribution < -0.4 is 15.7 Å². The van der Waals surface area contributed by atoms with Gasteiger partial charge in [0.25, 0.3) is 0 Å². The summed E-state index contributed by atoms with van der Waals surface area (Å²) in [5.41, 5.74) is 6.08. The second-order valence-corrected chi connectivity index (χ2v) is 6.06. The molecule has 1 aromatic rings. The van der Waals surface area contributed by atoms with Gasteiger partial charge in [-0.1, -0.05) is 13.8 Å². The van der Waals surface area contributed by atoms with Gasteiger partial charge in [-0.2, -0.15) is 5.43 Å². The van der Waals surface area contributed by atoms with E-state index in [-0.39, 0.29) is 16.2 Å². The summed E-state index contributed by atoms with van der Waals surface area (Å²) in [4.78, 5) is 6.57. The molecule has 0 bridgehead atoms. The smallest absolute Gasteiger partial charge is 0.347 e. The van der Waals surface area contributed by atoms with Crippen molar-refractivity contribution in [3.05, 3.63) is 33.7 Å². The summed E-state index contributed by atoms with van der Waals surface area (Å²) in [5, 5.41) is 24.5. The molecule has 1 aromatic carbocycles. The molecule has 23 heavy (non-hydrogen) atoms. The van der Waals surface area contributed by atoms with Gasteiger partial charge in [-0.25, -0.2) is 10.2 Å². The van der Waals surface area contributed by atoms with Crippen molar-refractivity contribution < 1.29 is 10.2 Å². The van der Waals surface area contributed by atoms with Gasteiger partial charge in [0.1, 0.15) is 0 Å². The molecule has 3 rings (SSSR count). The molecular weight excluding hydrogens is 294 g/mol. The van der Waals surface area contributed by atoms with E-state index in [9.17, 15) is 10.4 Å². The van der Waals surface area contributed by atoms with Crippen molar-refractivity contribution in [1.82, 2.24) is 10.3 Å². The van der Waals surface area contributed by atoms with Crippen LogP contribution in [-0.2, 0) is 12.8 Å². The van der Waals surface area contributed by atoms with Crippen molar-refractivity contribution in [3.63, 3.8) is 0 Å². The van der Waals surface area contributed by atoms with Gasteiger partial charge in [-0.3, -0.25) is 5.06 Å². The minimum Gasteiger partial charge on any atom is -0.621 e. The molecule has 0 aromatic heterocycles. The average molecular weight is 319 g/mol. The SMILES string of the molecule is CCN(CC)CCN=C1N[NH+]([O-])c2cc3c(cc2[NH+]1[O-])CCC3. The highest BCUT2D eigenvalue weighted by atomic mass is 16.6. The number of rotatable bonds is 5. The monoisotopic (exact) mass is 319 g/mol. The number of likely N-dealkylation sites (N-methyl/N-ethyl adjacent to an activating group) is 1. The lowest BCUT2D eigenvalue weighted by atomic mass is 10.1. The zero-order valence-corrected chi connectivity index (χ0v) is 13.8. The number of hydrogen-bond donors (Lipinski definition) is 3. The molecule has 2 aliphatic rings. The van der Waals surface area contributed by atoms with Crippen LogP contribution in [-0.4, -0.2) is 37.0 Å². The van der Waals surface area contributed by atoms with E-state index in [1.165, 1.54) is 11.1 Å². The Bertz CT molecular complexity index is 600. The van der Waals surface area contributed by atoms with Crippen molar-refractivity contribution >= 4 is 17.3 Å². The third-order valence-corrected chi connectivity index (χ3v) is 4.75. The molecule has 0 saturated carbocycles. The highest BCUT2D eigenvalue weighted by Gasteiger charge is 2.31. The fourth-order valence-corrected chi connectivity index (χ4v) is 3.31. The number of quaternary nitrogens is 2. The zero-order chi connectivity index (χ0) is 16.4. The Kier molecular flexibility index (Phi) is 4.93. The summed E-state index contributed by atoms with van der Waals surface area (Å²) in [5.74, 6) is 0.188. The van der Waals surface area contributed by atoms with Crippen molar-refractivity contribution in [2.24, 2.45) is 4.99 Å². The lowest BCUT2D eigenvalue weighted by Gasteiger charge is -2.35. The molecule has 2 unspecified atom stereocenters. The van der Waals surface area contributed by atoms with Crippen LogP contribution in [0.25, 0.3) is 0 Å². The van der Waals surface area contributed by atoms with Crippen LogP contribution in [0.1, 0.15) is 31.4 Å². The Hall–Kier alpha value is -1.51. The maximum atomic E-state index is 12.6. The first-order valence-corrected chi connectivity index (χ1v) is 8.42. The number of hydroxylamine groups is 1. The second-order valence-electron chi connectivity index (χ2n) is 6.06. The molecule has 7 heteroatoms. The number of fused-ring (bicyclic) bond motifs is 2. The Labute approximate surface area is 136 Å². The predicted octanol–water partition coefficient (Wildman–Crippen LogP) is -0.580. The van der Waals surface area contributed by atoms with E-state index in [4.69, 9.17) is 0 Å². The zero-order valence-electron chi connectivity index (χ0n) is 13.8. The van der Waals surface area contributed by atoms with E-state index >= 15 is 0 Å². The van der Waals surface area contributed by atoms with Crippen LogP contribution in [0.3, 0.4) is 0 Å². The number of hydrogen-bond acceptors (Lipinski definition) is 4. The van der Waals surface area contributed by atoms with Crippen LogP contribution in [0.4, 0.5) is 11.4 Å². The molecular formula is C16H25N5O2. The Morgan fingerprint density at radius 3 is 2.43 bits per heavy atom. The number of aliphatic imine (C=N–C) groups is 1. The van der Waals surface area contributed by atoms with E-state index in [2.05, 4.69) is 29.2 Å². The van der Waals surface area contributed by atoms with Gasteiger partial charge in [0, 0.05) is 18.7 Å². The number of nitrogens with one attached hydrogen (secondary N) is 3.